The molecule has 0 radical (unpaired) electrons. The molecule has 1 aromatic carbocycles. The molecule has 1 rings (SSSR count). The molecular formula is C14H25BrN4. The van der Waals surface area contributed by atoms with E-state index in [1.807, 2.05) is 12.1 Å². The predicted octanol–water partition coefficient (Wildman–Crippen LogP) is 1.78. The van der Waals surface area contributed by atoms with Crippen molar-refractivity contribution in [2.24, 2.45) is 5.73 Å². The Balaban J connectivity index is 1.89. The van der Waals surface area contributed by atoms with Crippen LogP contribution in [0.2, 0.25) is 0 Å². The Morgan fingerprint density at radius 1 is 0.947 bits per heavy atom. The summed E-state index contributed by atoms with van der Waals surface area (Å²) in [4.78, 5) is 0. The third-order valence-electron chi connectivity index (χ3n) is 2.72. The second kappa shape index (κ2) is 11.2. The Bertz CT molecular complexity index is 333. The van der Waals surface area contributed by atoms with Crippen molar-refractivity contribution in [3.8, 4) is 0 Å². The fourth-order valence-electron chi connectivity index (χ4n) is 1.70. The van der Waals surface area contributed by atoms with Crippen molar-refractivity contribution in [1.29, 1.82) is 0 Å². The Hall–Kier alpha value is -0.620. The summed E-state index contributed by atoms with van der Waals surface area (Å²) in [7, 11) is 0. The Kier molecular flexibility index (Phi) is 9.71. The number of anilines is 1. The van der Waals surface area contributed by atoms with Crippen LogP contribution in [0.25, 0.3) is 0 Å². The fourth-order valence-corrected chi connectivity index (χ4v) is 2.10. The largest absolute Gasteiger partial charge is 0.385 e. The summed E-state index contributed by atoms with van der Waals surface area (Å²) < 4.78 is 1.11. The Morgan fingerprint density at radius 3 is 2.37 bits per heavy atom. The fraction of sp³-hybridized carbons (Fsp3) is 0.571. The number of halogens is 1. The third-order valence-corrected chi connectivity index (χ3v) is 3.21. The molecule has 0 aromatic heterocycles. The molecule has 0 atom stereocenters. The number of benzene rings is 1. The van der Waals surface area contributed by atoms with Crippen LogP contribution in [0.3, 0.4) is 0 Å². The maximum atomic E-state index is 5.42. The summed E-state index contributed by atoms with van der Waals surface area (Å²) in [6.07, 6.45) is 2.17. The molecule has 5 N–H and O–H groups in total. The van der Waals surface area contributed by atoms with Gasteiger partial charge in [-0.1, -0.05) is 22.0 Å². The van der Waals surface area contributed by atoms with Gasteiger partial charge in [0.1, 0.15) is 0 Å². The van der Waals surface area contributed by atoms with E-state index >= 15 is 0 Å². The average Bonchev–Trinajstić information content (AvgIpc) is 2.41. The first-order valence-electron chi connectivity index (χ1n) is 6.94. The second-order valence-electron chi connectivity index (χ2n) is 4.43. The summed E-state index contributed by atoms with van der Waals surface area (Å²) >= 11 is 3.46. The van der Waals surface area contributed by atoms with Gasteiger partial charge in [-0.3, -0.25) is 0 Å². The number of nitrogens with two attached hydrogens (primary N) is 1. The van der Waals surface area contributed by atoms with Crippen molar-refractivity contribution >= 4 is 21.6 Å². The second-order valence-corrected chi connectivity index (χ2v) is 5.35. The van der Waals surface area contributed by atoms with Crippen molar-refractivity contribution in [3.05, 3.63) is 28.7 Å². The van der Waals surface area contributed by atoms with Crippen LogP contribution in [-0.2, 0) is 0 Å². The highest BCUT2D eigenvalue weighted by Crippen LogP contribution is 2.15. The van der Waals surface area contributed by atoms with Gasteiger partial charge >= 0.3 is 0 Å². The van der Waals surface area contributed by atoms with Crippen LogP contribution < -0.4 is 21.7 Å². The van der Waals surface area contributed by atoms with E-state index < -0.39 is 0 Å². The summed E-state index contributed by atoms with van der Waals surface area (Å²) in [5.41, 5.74) is 6.58. The molecule has 19 heavy (non-hydrogen) atoms. The lowest BCUT2D eigenvalue weighted by molar-refractivity contribution is 0.592. The van der Waals surface area contributed by atoms with E-state index in [9.17, 15) is 0 Å². The maximum Gasteiger partial charge on any atom is 0.0351 e. The molecule has 0 spiro atoms. The highest BCUT2D eigenvalue weighted by Gasteiger charge is 1.93. The van der Waals surface area contributed by atoms with Crippen molar-refractivity contribution < 1.29 is 0 Å². The lowest BCUT2D eigenvalue weighted by atomic mass is 10.3. The number of hydrogen-bond acceptors (Lipinski definition) is 4. The van der Waals surface area contributed by atoms with Gasteiger partial charge in [0.15, 0.2) is 0 Å². The molecule has 0 saturated heterocycles. The van der Waals surface area contributed by atoms with Crippen LogP contribution in [0.15, 0.2) is 28.7 Å². The van der Waals surface area contributed by atoms with Crippen LogP contribution in [0, 0.1) is 0 Å². The number of rotatable bonds is 11. The molecule has 5 heteroatoms. The van der Waals surface area contributed by atoms with Gasteiger partial charge in [0, 0.05) is 29.8 Å². The van der Waals surface area contributed by atoms with Crippen molar-refractivity contribution in [1.82, 2.24) is 10.6 Å². The zero-order valence-corrected chi connectivity index (χ0v) is 13.0. The van der Waals surface area contributed by atoms with E-state index in [4.69, 9.17) is 5.73 Å². The predicted molar refractivity (Wildman–Crippen MR) is 86.7 cm³/mol. The smallest absolute Gasteiger partial charge is 0.0351 e. The van der Waals surface area contributed by atoms with Gasteiger partial charge in [-0.05, 0) is 50.7 Å². The summed E-state index contributed by atoms with van der Waals surface area (Å²) in [5, 5.41) is 10.2. The first-order chi connectivity index (χ1) is 9.33. The van der Waals surface area contributed by atoms with E-state index in [1.54, 1.807) is 0 Å². The normalized spacial score (nSPS) is 10.6. The number of nitrogens with one attached hydrogen (secondary N) is 3. The van der Waals surface area contributed by atoms with Gasteiger partial charge < -0.3 is 21.7 Å². The number of hydrogen-bond donors (Lipinski definition) is 4. The first kappa shape index (κ1) is 16.4. The van der Waals surface area contributed by atoms with Crippen LogP contribution in [0.4, 0.5) is 5.69 Å². The quantitative estimate of drug-likeness (QED) is 0.468. The molecular weight excluding hydrogens is 304 g/mol. The molecule has 0 amide bonds. The Labute approximate surface area is 124 Å². The summed E-state index contributed by atoms with van der Waals surface area (Å²) in [5.74, 6) is 0. The molecule has 0 aliphatic rings. The molecule has 0 unspecified atom stereocenters. The molecule has 0 bridgehead atoms. The highest BCUT2D eigenvalue weighted by molar-refractivity contribution is 9.10. The zero-order chi connectivity index (χ0) is 13.8. The van der Waals surface area contributed by atoms with Gasteiger partial charge in [-0.2, -0.15) is 0 Å². The molecule has 4 nitrogen and oxygen atoms in total. The molecule has 0 aliphatic carbocycles. The SMILES string of the molecule is NCCCNCCNCCCNc1cccc(Br)c1. The zero-order valence-electron chi connectivity index (χ0n) is 11.4. The minimum atomic E-state index is 0.766. The Morgan fingerprint density at radius 2 is 1.68 bits per heavy atom. The van der Waals surface area contributed by atoms with Crippen LogP contribution in [-0.4, -0.2) is 39.3 Å². The first-order valence-corrected chi connectivity index (χ1v) is 7.73. The van der Waals surface area contributed by atoms with Crippen molar-refractivity contribution in [2.75, 3.05) is 44.6 Å². The van der Waals surface area contributed by atoms with Crippen LogP contribution in [0.1, 0.15) is 12.8 Å². The molecule has 0 saturated carbocycles. The molecule has 0 aliphatic heterocycles. The summed E-state index contributed by atoms with van der Waals surface area (Å²) in [6.45, 7) is 5.84. The standard InChI is InChI=1S/C14H25BrN4/c15-13-4-1-5-14(12-13)19-9-3-8-18-11-10-17-7-2-6-16/h1,4-5,12,17-19H,2-3,6-11,16H2. The third kappa shape index (κ3) is 8.99. The summed E-state index contributed by atoms with van der Waals surface area (Å²) in [6, 6.07) is 8.25. The van der Waals surface area contributed by atoms with Gasteiger partial charge in [0.2, 0.25) is 0 Å². The lowest BCUT2D eigenvalue weighted by Crippen LogP contribution is -2.29. The van der Waals surface area contributed by atoms with Crippen molar-refractivity contribution in [3.63, 3.8) is 0 Å². The van der Waals surface area contributed by atoms with E-state index in [2.05, 4.69) is 44.0 Å². The van der Waals surface area contributed by atoms with E-state index in [0.29, 0.717) is 0 Å². The maximum absolute atomic E-state index is 5.42. The lowest BCUT2D eigenvalue weighted by Gasteiger charge is -2.08. The highest BCUT2D eigenvalue weighted by atomic mass is 79.9. The van der Waals surface area contributed by atoms with Gasteiger partial charge in [0.05, 0.1) is 0 Å². The van der Waals surface area contributed by atoms with Crippen LogP contribution >= 0.6 is 15.9 Å². The monoisotopic (exact) mass is 328 g/mol. The van der Waals surface area contributed by atoms with E-state index in [-0.39, 0.29) is 0 Å². The van der Waals surface area contributed by atoms with Crippen molar-refractivity contribution in [2.45, 2.75) is 12.8 Å². The average molecular weight is 329 g/mol. The molecule has 1 aromatic rings. The van der Waals surface area contributed by atoms with Gasteiger partial charge in [-0.15, -0.1) is 0 Å². The minimum absolute atomic E-state index is 0.766. The minimum Gasteiger partial charge on any atom is -0.385 e. The van der Waals surface area contributed by atoms with Gasteiger partial charge in [-0.25, -0.2) is 0 Å². The van der Waals surface area contributed by atoms with E-state index in [1.165, 1.54) is 0 Å². The molecule has 0 heterocycles. The van der Waals surface area contributed by atoms with Crippen LogP contribution in [0.5, 0.6) is 0 Å². The molecule has 108 valence electrons. The van der Waals surface area contributed by atoms with Gasteiger partial charge in [0.25, 0.3) is 0 Å². The topological polar surface area (TPSA) is 62.1 Å². The molecule has 0 fully saturated rings. The van der Waals surface area contributed by atoms with E-state index in [0.717, 1.165) is 62.3 Å².